The maximum absolute atomic E-state index is 5.67. The van der Waals surface area contributed by atoms with Crippen molar-refractivity contribution in [3.05, 3.63) is 53.6 Å². The molecule has 1 aromatic carbocycles. The molecular formula is C14H17N3. The molecule has 1 heterocycles. The summed E-state index contributed by atoms with van der Waals surface area (Å²) in [5, 5.41) is 0. The number of nitrogens with two attached hydrogens (primary N) is 1. The average Bonchev–Trinajstić information content (AvgIpc) is 2.32. The van der Waals surface area contributed by atoms with Crippen LogP contribution in [0.15, 0.2) is 42.5 Å². The van der Waals surface area contributed by atoms with Gasteiger partial charge in [-0.2, -0.15) is 0 Å². The fourth-order valence-corrected chi connectivity index (χ4v) is 1.70. The number of nitrogens with zero attached hydrogens (tertiary/aromatic N) is 2. The predicted octanol–water partition coefficient (Wildman–Crippen LogP) is 2.61. The predicted molar refractivity (Wildman–Crippen MR) is 71.9 cm³/mol. The summed E-state index contributed by atoms with van der Waals surface area (Å²) in [6.07, 6.45) is 0. The van der Waals surface area contributed by atoms with Crippen molar-refractivity contribution in [2.45, 2.75) is 13.5 Å². The Balaban J connectivity index is 2.11. The summed E-state index contributed by atoms with van der Waals surface area (Å²) in [4.78, 5) is 6.37. The normalized spacial score (nSPS) is 10.2. The summed E-state index contributed by atoms with van der Waals surface area (Å²) < 4.78 is 0. The Morgan fingerprint density at radius 3 is 2.47 bits per heavy atom. The second-order valence-corrected chi connectivity index (χ2v) is 4.26. The fraction of sp³-hybridized carbons (Fsp3) is 0.214. The molecule has 0 fully saturated rings. The quantitative estimate of drug-likeness (QED) is 0.876. The fourth-order valence-electron chi connectivity index (χ4n) is 1.70. The highest BCUT2D eigenvalue weighted by Crippen LogP contribution is 2.14. The van der Waals surface area contributed by atoms with Crippen molar-refractivity contribution in [3.8, 4) is 0 Å². The Morgan fingerprint density at radius 1 is 1.12 bits per heavy atom. The van der Waals surface area contributed by atoms with Crippen molar-refractivity contribution in [1.82, 2.24) is 4.98 Å². The number of benzene rings is 1. The lowest BCUT2D eigenvalue weighted by Gasteiger charge is -2.18. The summed E-state index contributed by atoms with van der Waals surface area (Å²) in [5.74, 6) is 1.45. The van der Waals surface area contributed by atoms with E-state index < -0.39 is 0 Å². The molecule has 2 rings (SSSR count). The first-order valence-electron chi connectivity index (χ1n) is 5.64. The lowest BCUT2D eigenvalue weighted by molar-refractivity contribution is 0.899. The van der Waals surface area contributed by atoms with Gasteiger partial charge in [0.25, 0.3) is 0 Å². The van der Waals surface area contributed by atoms with E-state index in [1.165, 1.54) is 11.1 Å². The van der Waals surface area contributed by atoms with Crippen LogP contribution in [0.2, 0.25) is 0 Å². The van der Waals surface area contributed by atoms with Crippen LogP contribution in [0.3, 0.4) is 0 Å². The number of pyridine rings is 1. The number of hydrogen-bond acceptors (Lipinski definition) is 3. The number of hydrogen-bond donors (Lipinski definition) is 1. The van der Waals surface area contributed by atoms with Gasteiger partial charge in [-0.3, -0.25) is 0 Å². The van der Waals surface area contributed by atoms with Crippen LogP contribution in [0.1, 0.15) is 11.1 Å². The van der Waals surface area contributed by atoms with Gasteiger partial charge in [-0.1, -0.05) is 35.9 Å². The van der Waals surface area contributed by atoms with Gasteiger partial charge >= 0.3 is 0 Å². The first-order chi connectivity index (χ1) is 8.15. The van der Waals surface area contributed by atoms with Crippen molar-refractivity contribution < 1.29 is 0 Å². The molecule has 0 aliphatic heterocycles. The lowest BCUT2D eigenvalue weighted by Crippen LogP contribution is -2.17. The molecule has 17 heavy (non-hydrogen) atoms. The minimum Gasteiger partial charge on any atom is -0.384 e. The van der Waals surface area contributed by atoms with Gasteiger partial charge in [0.15, 0.2) is 0 Å². The maximum Gasteiger partial charge on any atom is 0.130 e. The molecule has 0 spiro atoms. The summed E-state index contributed by atoms with van der Waals surface area (Å²) in [6.45, 7) is 2.92. The van der Waals surface area contributed by atoms with E-state index in [-0.39, 0.29) is 0 Å². The SMILES string of the molecule is Cc1ccc(CN(C)c2cccc(N)n2)cc1. The molecule has 0 aliphatic carbocycles. The highest BCUT2D eigenvalue weighted by Gasteiger charge is 2.03. The van der Waals surface area contributed by atoms with Crippen LogP contribution < -0.4 is 10.6 Å². The highest BCUT2D eigenvalue weighted by molar-refractivity contribution is 5.44. The summed E-state index contributed by atoms with van der Waals surface area (Å²) in [6, 6.07) is 14.2. The Bertz CT molecular complexity index is 491. The Hall–Kier alpha value is -2.03. The molecule has 0 amide bonds. The molecule has 88 valence electrons. The largest absolute Gasteiger partial charge is 0.384 e. The summed E-state index contributed by atoms with van der Waals surface area (Å²) in [5.41, 5.74) is 8.21. The molecule has 0 aliphatic rings. The van der Waals surface area contributed by atoms with E-state index in [2.05, 4.69) is 41.1 Å². The van der Waals surface area contributed by atoms with Crippen LogP contribution in [0, 0.1) is 6.92 Å². The molecule has 0 unspecified atom stereocenters. The van der Waals surface area contributed by atoms with E-state index in [1.54, 1.807) is 6.07 Å². The van der Waals surface area contributed by atoms with Gasteiger partial charge in [0.1, 0.15) is 11.6 Å². The van der Waals surface area contributed by atoms with Gasteiger partial charge in [-0.25, -0.2) is 4.98 Å². The number of rotatable bonds is 3. The van der Waals surface area contributed by atoms with Crippen LogP contribution in [-0.2, 0) is 6.54 Å². The number of aromatic nitrogens is 1. The second-order valence-electron chi connectivity index (χ2n) is 4.26. The molecular weight excluding hydrogens is 210 g/mol. The summed E-state index contributed by atoms with van der Waals surface area (Å²) in [7, 11) is 2.02. The third-order valence-electron chi connectivity index (χ3n) is 2.69. The topological polar surface area (TPSA) is 42.1 Å². The smallest absolute Gasteiger partial charge is 0.130 e. The van der Waals surface area contributed by atoms with Crippen LogP contribution in [-0.4, -0.2) is 12.0 Å². The molecule has 3 heteroatoms. The second kappa shape index (κ2) is 4.87. The van der Waals surface area contributed by atoms with Crippen molar-refractivity contribution >= 4 is 11.6 Å². The number of aryl methyl sites for hydroxylation is 1. The monoisotopic (exact) mass is 227 g/mol. The summed E-state index contributed by atoms with van der Waals surface area (Å²) >= 11 is 0. The van der Waals surface area contributed by atoms with Gasteiger partial charge in [0.05, 0.1) is 0 Å². The zero-order valence-electron chi connectivity index (χ0n) is 10.2. The number of anilines is 2. The Labute approximate surface area is 102 Å². The highest BCUT2D eigenvalue weighted by atomic mass is 15.2. The van der Waals surface area contributed by atoms with E-state index >= 15 is 0 Å². The maximum atomic E-state index is 5.67. The first kappa shape index (κ1) is 11.5. The van der Waals surface area contributed by atoms with E-state index in [4.69, 9.17) is 5.73 Å². The van der Waals surface area contributed by atoms with Crippen molar-refractivity contribution in [3.63, 3.8) is 0 Å². The molecule has 0 radical (unpaired) electrons. The van der Waals surface area contributed by atoms with E-state index in [9.17, 15) is 0 Å². The molecule has 2 aromatic rings. The van der Waals surface area contributed by atoms with E-state index in [1.807, 2.05) is 19.2 Å². The van der Waals surface area contributed by atoms with Crippen LogP contribution in [0.5, 0.6) is 0 Å². The van der Waals surface area contributed by atoms with Gasteiger partial charge in [0.2, 0.25) is 0 Å². The third kappa shape index (κ3) is 2.97. The average molecular weight is 227 g/mol. The molecule has 3 nitrogen and oxygen atoms in total. The van der Waals surface area contributed by atoms with Gasteiger partial charge < -0.3 is 10.6 Å². The minimum absolute atomic E-state index is 0.554. The van der Waals surface area contributed by atoms with Crippen molar-refractivity contribution in [2.75, 3.05) is 17.7 Å². The van der Waals surface area contributed by atoms with Crippen LogP contribution in [0.4, 0.5) is 11.6 Å². The molecule has 0 saturated heterocycles. The van der Waals surface area contributed by atoms with E-state index in [0.717, 1.165) is 12.4 Å². The minimum atomic E-state index is 0.554. The zero-order valence-corrected chi connectivity index (χ0v) is 10.2. The Morgan fingerprint density at radius 2 is 1.82 bits per heavy atom. The first-order valence-corrected chi connectivity index (χ1v) is 5.64. The lowest BCUT2D eigenvalue weighted by atomic mass is 10.1. The molecule has 2 N–H and O–H groups in total. The third-order valence-corrected chi connectivity index (χ3v) is 2.69. The standard InChI is InChI=1S/C14H17N3/c1-11-6-8-12(9-7-11)10-17(2)14-5-3-4-13(15)16-14/h3-9H,10H2,1-2H3,(H2,15,16). The van der Waals surface area contributed by atoms with Crippen molar-refractivity contribution in [2.24, 2.45) is 0 Å². The van der Waals surface area contributed by atoms with Crippen molar-refractivity contribution in [1.29, 1.82) is 0 Å². The molecule has 0 atom stereocenters. The molecule has 0 bridgehead atoms. The van der Waals surface area contributed by atoms with Crippen LogP contribution in [0.25, 0.3) is 0 Å². The Kier molecular flexibility index (Phi) is 3.28. The van der Waals surface area contributed by atoms with Crippen LogP contribution >= 0.6 is 0 Å². The van der Waals surface area contributed by atoms with Gasteiger partial charge in [-0.05, 0) is 24.6 Å². The van der Waals surface area contributed by atoms with Gasteiger partial charge in [-0.15, -0.1) is 0 Å². The van der Waals surface area contributed by atoms with E-state index in [0.29, 0.717) is 5.82 Å². The molecule has 0 saturated carbocycles. The number of nitrogen functional groups attached to an aromatic ring is 1. The van der Waals surface area contributed by atoms with Gasteiger partial charge in [0, 0.05) is 13.6 Å². The zero-order chi connectivity index (χ0) is 12.3. The molecule has 1 aromatic heterocycles.